The molecule has 1 heterocycles. The maximum Gasteiger partial charge on any atom is 0.162 e. The van der Waals surface area contributed by atoms with Crippen LogP contribution in [0.15, 0.2) is 46.8 Å². The minimum Gasteiger partial charge on any atom is -0.351 e. The van der Waals surface area contributed by atoms with Gasteiger partial charge in [-0.25, -0.2) is 0 Å². The molecule has 0 unspecified atom stereocenters. The van der Waals surface area contributed by atoms with Crippen molar-refractivity contribution in [3.63, 3.8) is 0 Å². The molecule has 0 saturated carbocycles. The van der Waals surface area contributed by atoms with Gasteiger partial charge in [-0.05, 0) is 41.4 Å². The highest BCUT2D eigenvalue weighted by Crippen LogP contribution is 2.53. The fraction of sp³-hybridized carbons (Fsp3) is 0.480. The lowest BCUT2D eigenvalue weighted by atomic mass is 9.64. The van der Waals surface area contributed by atoms with Gasteiger partial charge in [-0.2, -0.15) is 5.26 Å². The molecule has 0 saturated heterocycles. The fourth-order valence-electron chi connectivity index (χ4n) is 5.25. The fourth-order valence-corrected chi connectivity index (χ4v) is 5.25. The van der Waals surface area contributed by atoms with Crippen molar-refractivity contribution in [1.82, 2.24) is 4.90 Å². The monoisotopic (exact) mass is 388 g/mol. The molecular weight excluding hydrogens is 360 g/mol. The Kier molecular flexibility index (Phi) is 4.35. The van der Waals surface area contributed by atoms with E-state index in [9.17, 15) is 9.59 Å². The molecule has 0 atom stereocenters. The van der Waals surface area contributed by atoms with E-state index in [0.717, 1.165) is 40.9 Å². The van der Waals surface area contributed by atoms with Crippen LogP contribution in [0.5, 0.6) is 0 Å². The smallest absolute Gasteiger partial charge is 0.162 e. The van der Waals surface area contributed by atoms with Gasteiger partial charge in [0.05, 0.1) is 11.6 Å². The Hall–Kier alpha value is -2.67. The maximum absolute atomic E-state index is 13.3. The Labute approximate surface area is 172 Å². The molecule has 1 aliphatic heterocycles. The molecule has 0 fully saturated rings. The molecular formula is C25H28N2O2. The summed E-state index contributed by atoms with van der Waals surface area (Å²) in [5.74, 6) is -0.0422. The predicted octanol–water partition coefficient (Wildman–Crippen LogP) is 4.87. The van der Waals surface area contributed by atoms with Crippen LogP contribution < -0.4 is 0 Å². The van der Waals surface area contributed by atoms with Crippen LogP contribution in [0.25, 0.3) is 0 Å². The number of allylic oxidation sites excluding steroid dienone is 4. The van der Waals surface area contributed by atoms with Gasteiger partial charge in [0, 0.05) is 48.3 Å². The van der Waals surface area contributed by atoms with E-state index in [1.807, 2.05) is 19.2 Å². The summed E-state index contributed by atoms with van der Waals surface area (Å²) < 4.78 is 0. The summed E-state index contributed by atoms with van der Waals surface area (Å²) in [4.78, 5) is 28.8. The number of carbonyl (C=O) groups excluding carboxylic acids is 2. The quantitative estimate of drug-likeness (QED) is 0.688. The molecule has 0 N–H and O–H groups in total. The van der Waals surface area contributed by atoms with E-state index < -0.39 is 0 Å². The Bertz CT molecular complexity index is 962. The van der Waals surface area contributed by atoms with Gasteiger partial charge in [0.1, 0.15) is 0 Å². The van der Waals surface area contributed by atoms with Crippen LogP contribution >= 0.6 is 0 Å². The van der Waals surface area contributed by atoms with Crippen LogP contribution in [0.3, 0.4) is 0 Å². The molecule has 1 aromatic rings. The van der Waals surface area contributed by atoms with Gasteiger partial charge in [0.25, 0.3) is 0 Å². The second-order valence-electron chi connectivity index (χ2n) is 10.3. The first-order valence-electron chi connectivity index (χ1n) is 10.3. The standard InChI is InChI=1S/C25H28N2O2/c1-24(2)10-17-22(19(28)12-24)21(16-8-6-15(14-26)7-9-16)23-18(27(17)5)11-25(3,4)13-20(23)29/h6-9,21H,10-13H2,1-5H3. The summed E-state index contributed by atoms with van der Waals surface area (Å²) in [6, 6.07) is 9.52. The largest absolute Gasteiger partial charge is 0.351 e. The van der Waals surface area contributed by atoms with E-state index in [2.05, 4.69) is 38.7 Å². The topological polar surface area (TPSA) is 61.2 Å². The third kappa shape index (κ3) is 3.23. The van der Waals surface area contributed by atoms with Gasteiger partial charge in [-0.3, -0.25) is 9.59 Å². The molecule has 2 aliphatic carbocycles. The average Bonchev–Trinajstić information content (AvgIpc) is 2.62. The minimum absolute atomic E-state index is 0.0916. The summed E-state index contributed by atoms with van der Waals surface area (Å²) in [5.41, 5.74) is 5.01. The van der Waals surface area contributed by atoms with E-state index in [4.69, 9.17) is 5.26 Å². The molecule has 0 aromatic heterocycles. The number of Topliss-reactive ketones (excluding diaryl/α,β-unsaturated/α-hetero) is 2. The van der Waals surface area contributed by atoms with Crippen molar-refractivity contribution in [2.24, 2.45) is 10.8 Å². The van der Waals surface area contributed by atoms with Crippen LogP contribution in [0, 0.1) is 22.2 Å². The molecule has 0 bridgehead atoms. The van der Waals surface area contributed by atoms with Gasteiger partial charge >= 0.3 is 0 Å². The van der Waals surface area contributed by atoms with Crippen molar-refractivity contribution in [2.45, 2.75) is 59.3 Å². The minimum atomic E-state index is -0.323. The number of benzene rings is 1. The number of rotatable bonds is 1. The van der Waals surface area contributed by atoms with Crippen LogP contribution in [0.2, 0.25) is 0 Å². The first-order chi connectivity index (χ1) is 13.5. The van der Waals surface area contributed by atoms with Crippen LogP contribution in [0.4, 0.5) is 0 Å². The van der Waals surface area contributed by atoms with E-state index in [1.165, 1.54) is 0 Å². The Morgan fingerprint density at radius 3 is 1.72 bits per heavy atom. The molecule has 150 valence electrons. The molecule has 0 spiro atoms. The lowest BCUT2D eigenvalue weighted by molar-refractivity contribution is -0.119. The maximum atomic E-state index is 13.3. The molecule has 0 radical (unpaired) electrons. The average molecular weight is 389 g/mol. The molecule has 3 aliphatic rings. The van der Waals surface area contributed by atoms with Gasteiger partial charge < -0.3 is 4.90 Å². The SMILES string of the molecule is CN1C2=C(C(=O)CC(C)(C)C2)C(c2ccc(C#N)cc2)C2=C1CC(C)(C)CC2=O. The Morgan fingerprint density at radius 1 is 0.862 bits per heavy atom. The summed E-state index contributed by atoms with van der Waals surface area (Å²) in [6.07, 6.45) is 2.63. The van der Waals surface area contributed by atoms with Crippen LogP contribution in [0.1, 0.15) is 70.4 Å². The highest BCUT2D eigenvalue weighted by molar-refractivity contribution is 6.06. The van der Waals surface area contributed by atoms with Gasteiger partial charge in [0.15, 0.2) is 11.6 Å². The first kappa shape index (κ1) is 19.6. The zero-order chi connectivity index (χ0) is 21.1. The predicted molar refractivity (Wildman–Crippen MR) is 112 cm³/mol. The molecule has 4 rings (SSSR count). The lowest BCUT2D eigenvalue weighted by Crippen LogP contribution is -2.43. The van der Waals surface area contributed by atoms with Gasteiger partial charge in [0.2, 0.25) is 0 Å². The molecule has 1 aromatic carbocycles. The highest BCUT2D eigenvalue weighted by Gasteiger charge is 2.48. The summed E-state index contributed by atoms with van der Waals surface area (Å²) in [7, 11) is 2.02. The third-order valence-electron chi connectivity index (χ3n) is 6.55. The highest BCUT2D eigenvalue weighted by atomic mass is 16.1. The second kappa shape index (κ2) is 6.42. The van der Waals surface area contributed by atoms with Gasteiger partial charge in [-0.15, -0.1) is 0 Å². The molecule has 0 amide bonds. The molecule has 4 nitrogen and oxygen atoms in total. The molecule has 4 heteroatoms. The second-order valence-corrected chi connectivity index (χ2v) is 10.3. The van der Waals surface area contributed by atoms with E-state index in [1.54, 1.807) is 12.1 Å². The first-order valence-corrected chi connectivity index (χ1v) is 10.3. The Morgan fingerprint density at radius 2 is 1.31 bits per heavy atom. The van der Waals surface area contributed by atoms with Crippen LogP contribution in [-0.4, -0.2) is 23.5 Å². The molecule has 29 heavy (non-hydrogen) atoms. The number of ketones is 2. The third-order valence-corrected chi connectivity index (χ3v) is 6.55. The van der Waals surface area contributed by atoms with E-state index in [-0.39, 0.29) is 28.3 Å². The van der Waals surface area contributed by atoms with Crippen molar-refractivity contribution < 1.29 is 9.59 Å². The zero-order valence-corrected chi connectivity index (χ0v) is 17.9. The van der Waals surface area contributed by atoms with Crippen molar-refractivity contribution in [3.05, 3.63) is 57.9 Å². The van der Waals surface area contributed by atoms with E-state index in [0.29, 0.717) is 18.4 Å². The number of carbonyl (C=O) groups is 2. The summed E-state index contributed by atoms with van der Waals surface area (Å²) in [6.45, 7) is 8.55. The number of nitrogens with zero attached hydrogens (tertiary/aromatic N) is 2. The lowest BCUT2D eigenvalue weighted by Gasteiger charge is -2.47. The number of hydrogen-bond acceptors (Lipinski definition) is 4. The van der Waals surface area contributed by atoms with Crippen molar-refractivity contribution in [2.75, 3.05) is 7.05 Å². The van der Waals surface area contributed by atoms with Gasteiger partial charge in [-0.1, -0.05) is 39.8 Å². The van der Waals surface area contributed by atoms with Crippen molar-refractivity contribution in [1.29, 1.82) is 5.26 Å². The Balaban J connectivity index is 1.95. The number of nitriles is 1. The summed E-state index contributed by atoms with van der Waals surface area (Å²) >= 11 is 0. The normalized spacial score (nSPS) is 23.7. The number of hydrogen-bond donors (Lipinski definition) is 0. The van der Waals surface area contributed by atoms with Crippen molar-refractivity contribution >= 4 is 11.6 Å². The van der Waals surface area contributed by atoms with Crippen LogP contribution in [-0.2, 0) is 9.59 Å². The zero-order valence-electron chi connectivity index (χ0n) is 17.9. The van der Waals surface area contributed by atoms with Crippen molar-refractivity contribution in [3.8, 4) is 6.07 Å². The van der Waals surface area contributed by atoms with E-state index >= 15 is 0 Å². The summed E-state index contributed by atoms with van der Waals surface area (Å²) in [5, 5.41) is 9.16.